The van der Waals surface area contributed by atoms with Crippen LogP contribution in [0.15, 0.2) is 0 Å². The van der Waals surface area contributed by atoms with Gasteiger partial charge in [0.2, 0.25) is 0 Å². The van der Waals surface area contributed by atoms with E-state index < -0.39 is 0 Å². The summed E-state index contributed by atoms with van der Waals surface area (Å²) in [5, 5.41) is 36.9. The monoisotopic (exact) mass is 1120 g/mol. The quantitative estimate of drug-likeness (QED) is 0.160. The zero-order chi connectivity index (χ0) is 56.9. The molecule has 25 aliphatic rings. The minimum absolute atomic E-state index is 0.0361. The van der Waals surface area contributed by atoms with Gasteiger partial charge in [-0.25, -0.2) is 0 Å². The summed E-state index contributed by atoms with van der Waals surface area (Å²) in [6.45, 7) is 22.5. The van der Waals surface area contributed by atoms with Crippen molar-refractivity contribution in [2.45, 2.75) is 292 Å². The maximum absolute atomic E-state index is 13.9. The van der Waals surface area contributed by atoms with Gasteiger partial charge in [-0.3, -0.25) is 14.4 Å². The number of hydrogen-bond donors (Lipinski definition) is 3. The van der Waals surface area contributed by atoms with Crippen molar-refractivity contribution >= 4 is 17.9 Å². The number of esters is 3. The molecule has 9 heteroatoms. The second-order valence-electron chi connectivity index (χ2n) is 34.3. The Labute approximate surface area is 490 Å². The van der Waals surface area contributed by atoms with Crippen molar-refractivity contribution < 1.29 is 43.9 Å². The van der Waals surface area contributed by atoms with E-state index in [4.69, 9.17) is 14.2 Å². The molecule has 12 saturated carbocycles. The van der Waals surface area contributed by atoms with Gasteiger partial charge in [-0.05, 0) is 312 Å². The van der Waals surface area contributed by atoms with E-state index in [1.54, 1.807) is 0 Å². The van der Waals surface area contributed by atoms with Crippen LogP contribution in [-0.4, -0.2) is 69.9 Å². The van der Waals surface area contributed by atoms with Gasteiger partial charge in [0.1, 0.15) is 18.3 Å². The Morgan fingerprint density at radius 1 is 0.309 bits per heavy atom. The number of carbonyl (C=O) groups is 3. The van der Waals surface area contributed by atoms with Crippen molar-refractivity contribution in [1.82, 2.24) is 0 Å². The van der Waals surface area contributed by atoms with Crippen LogP contribution in [0.4, 0.5) is 0 Å². The smallest absolute Gasteiger partial charge is 0.306 e. The fraction of sp³-hybridized carbons (Fsp3) is 0.958. The Hall–Kier alpha value is -1.71. The van der Waals surface area contributed by atoms with Gasteiger partial charge in [0.25, 0.3) is 0 Å². The van der Waals surface area contributed by atoms with Crippen LogP contribution >= 0.6 is 0 Å². The number of rotatable bonds is 0. The summed E-state index contributed by atoms with van der Waals surface area (Å²) in [5.74, 6) is 7.77. The summed E-state index contributed by atoms with van der Waals surface area (Å²) in [5.41, 5.74) is 0.944. The molecule has 0 unspecified atom stereocenters. The Kier molecular flexibility index (Phi) is 15.3. The van der Waals surface area contributed by atoms with Crippen LogP contribution in [-0.2, 0) is 28.6 Å². The third kappa shape index (κ3) is 9.39. The van der Waals surface area contributed by atoms with Crippen molar-refractivity contribution in [2.24, 2.45) is 139 Å². The molecule has 0 aromatic rings. The van der Waals surface area contributed by atoms with Crippen molar-refractivity contribution in [3.63, 3.8) is 0 Å². The molecule has 13 saturated heterocycles. The van der Waals surface area contributed by atoms with Crippen LogP contribution in [0.5, 0.6) is 0 Å². The predicted octanol–water partition coefficient (Wildman–Crippen LogP) is 14.9. The molecular formula is C72H114O9. The second kappa shape index (κ2) is 21.3. The maximum Gasteiger partial charge on any atom is 0.306 e. The molecule has 0 spiro atoms. The van der Waals surface area contributed by atoms with Gasteiger partial charge in [0.05, 0.1) is 18.3 Å². The molecule has 12 aliphatic carbocycles. The highest BCUT2D eigenvalue weighted by Crippen LogP contribution is 2.72. The minimum atomic E-state index is -0.320. The first-order valence-electron chi connectivity index (χ1n) is 35.1. The summed E-state index contributed by atoms with van der Waals surface area (Å²) in [6, 6.07) is 0. The van der Waals surface area contributed by atoms with E-state index in [-0.39, 0.29) is 87.0 Å². The number of aliphatic hydroxyl groups is 3. The van der Waals surface area contributed by atoms with E-state index in [2.05, 4.69) is 62.3 Å². The van der Waals surface area contributed by atoms with Crippen LogP contribution in [0, 0.1) is 139 Å². The molecular weight excluding hydrogens is 1010 g/mol. The molecule has 9 nitrogen and oxygen atoms in total. The first kappa shape index (κ1) is 58.3. The molecule has 24 bridgehead atoms. The summed E-state index contributed by atoms with van der Waals surface area (Å²) in [7, 11) is 0. The topological polar surface area (TPSA) is 140 Å². The lowest BCUT2D eigenvalue weighted by atomic mass is 9.43. The van der Waals surface area contributed by atoms with Crippen LogP contribution in [0.1, 0.15) is 255 Å². The second-order valence-corrected chi connectivity index (χ2v) is 34.3. The van der Waals surface area contributed by atoms with Gasteiger partial charge in [-0.2, -0.15) is 0 Å². The zero-order valence-corrected chi connectivity index (χ0v) is 52.4. The molecule has 0 amide bonds. The van der Waals surface area contributed by atoms with Crippen molar-refractivity contribution in [3.8, 4) is 0 Å². The molecule has 25 rings (SSSR count). The summed E-state index contributed by atoms with van der Waals surface area (Å²) < 4.78 is 19.3. The van der Waals surface area contributed by atoms with Crippen LogP contribution < -0.4 is 0 Å². The number of carbonyl (C=O) groups excluding carboxylic acids is 3. The lowest BCUT2D eigenvalue weighted by Crippen LogP contribution is -2.59. The minimum Gasteiger partial charge on any atom is -0.462 e. The van der Waals surface area contributed by atoms with Crippen molar-refractivity contribution in [3.05, 3.63) is 0 Å². The third-order valence-corrected chi connectivity index (χ3v) is 31.5. The molecule has 456 valence electrons. The van der Waals surface area contributed by atoms with Crippen LogP contribution in [0.3, 0.4) is 0 Å². The average Bonchev–Trinajstić information content (AvgIpc) is 4.13. The molecule has 13 heterocycles. The predicted molar refractivity (Wildman–Crippen MR) is 315 cm³/mol. The number of hydrogen-bond acceptors (Lipinski definition) is 9. The first-order valence-corrected chi connectivity index (χ1v) is 35.1. The molecule has 0 aromatic carbocycles. The fourth-order valence-electron chi connectivity index (χ4n) is 27.2. The highest BCUT2D eigenvalue weighted by Gasteiger charge is 2.67. The molecule has 0 radical (unpaired) electrons. The average molecular weight is 1120 g/mol. The molecule has 13 aliphatic heterocycles. The number of ether oxygens (including phenoxy) is 3. The third-order valence-electron chi connectivity index (χ3n) is 31.5. The standard InChI is InChI=1S/C72H114O9/c1-40-10-19-61(76)79-46-22-28-68(5)43(34-46)38-59(74)65-53-17-14-50(71(53,8)32-26-56(65)68)42(3)12-21-63(78)81-48-24-30-69(6)45(36-48)39-60(75)66-54-18-15-51(72(54,9)33-27-57(66)69)41(2)11-20-62(77)80-47-23-29-67(4)44(35-47)37-58(73)64-52-16-13-49(40)70(52,7)31-25-55(64)67/h40-60,64-66,73-75H,10-39H2,1-9H3/t40-,41-,42-,43+,44+,45+,46-,47-,48-,49-,50-,51-,52+,53+,54+,55+,56+,57+,58-,59-,60-,64+,65+,66+,67+,68+,69+,70-,71-,72-/m1/s1. The van der Waals surface area contributed by atoms with Crippen molar-refractivity contribution in [2.75, 3.05) is 0 Å². The lowest BCUT2D eigenvalue weighted by Gasteiger charge is -2.62. The fourth-order valence-corrected chi connectivity index (χ4v) is 27.2. The normalized spacial score (nSPS) is 57.6. The SMILES string of the molecule is C[C@@H]1CCC(=O)O[C@@H]2CC[C@@]3(C)[C@@H](C2)C[C@@H](O)[C@@H]2[C@@H]3CC[C@]3(C)[C@H](CC[C@@H]23)[C@H](C)CCC(=O)O[C@@H]2CC[C@@]3(C)[C@@H](C2)C[C@@H](O)[C@@H]2[C@@H]3CC[C@]3(C)[C@H](CC[C@@H]23)[C@H](C)CCC(=O)O[C@@H]2CC[C@@]3(C)[C@@H](C2)C[C@@H](O)[C@@H]2[C@@H]3CC[C@]3(C)[C@@H]1CC[C@@H]23. The van der Waals surface area contributed by atoms with Gasteiger partial charge in [-0.15, -0.1) is 0 Å². The molecule has 25 fully saturated rings. The van der Waals surface area contributed by atoms with Crippen LogP contribution in [0.25, 0.3) is 0 Å². The largest absolute Gasteiger partial charge is 0.462 e. The highest BCUT2D eigenvalue weighted by atomic mass is 16.6. The van der Waals surface area contributed by atoms with Gasteiger partial charge in [0, 0.05) is 19.3 Å². The van der Waals surface area contributed by atoms with Gasteiger partial charge < -0.3 is 29.5 Å². The zero-order valence-electron chi connectivity index (χ0n) is 52.4. The van der Waals surface area contributed by atoms with E-state index in [1.165, 1.54) is 57.8 Å². The van der Waals surface area contributed by atoms with E-state index in [1.807, 2.05) is 0 Å². The Morgan fingerprint density at radius 3 is 0.815 bits per heavy atom. The molecule has 3 N–H and O–H groups in total. The molecule has 0 aromatic heterocycles. The highest BCUT2D eigenvalue weighted by molar-refractivity contribution is 5.70. The maximum atomic E-state index is 13.9. The Bertz CT molecular complexity index is 2100. The van der Waals surface area contributed by atoms with Gasteiger partial charge >= 0.3 is 17.9 Å². The number of fused-ring (bicyclic) bond motifs is 1. The summed E-state index contributed by atoms with van der Waals surface area (Å²) in [6.07, 6.45) is 28.0. The summed E-state index contributed by atoms with van der Waals surface area (Å²) >= 11 is 0. The van der Waals surface area contributed by atoms with E-state index in [0.717, 1.165) is 116 Å². The van der Waals surface area contributed by atoms with Crippen molar-refractivity contribution in [1.29, 1.82) is 0 Å². The molecule has 30 atom stereocenters. The van der Waals surface area contributed by atoms with Gasteiger partial charge in [0.15, 0.2) is 0 Å². The van der Waals surface area contributed by atoms with E-state index >= 15 is 0 Å². The van der Waals surface area contributed by atoms with E-state index in [9.17, 15) is 29.7 Å². The van der Waals surface area contributed by atoms with E-state index in [0.29, 0.717) is 126 Å². The van der Waals surface area contributed by atoms with Gasteiger partial charge in [-0.1, -0.05) is 62.3 Å². The number of aliphatic hydroxyl groups excluding tert-OH is 3. The lowest BCUT2D eigenvalue weighted by molar-refractivity contribution is -0.184. The first-order chi connectivity index (χ1) is 38.5. The molecule has 81 heavy (non-hydrogen) atoms. The summed E-state index contributed by atoms with van der Waals surface area (Å²) in [4.78, 5) is 41.6. The van der Waals surface area contributed by atoms with Crippen LogP contribution in [0.2, 0.25) is 0 Å². The Morgan fingerprint density at radius 2 is 0.543 bits per heavy atom. The Balaban J connectivity index is 0.706.